The van der Waals surface area contributed by atoms with Gasteiger partial charge >= 0.3 is 0 Å². The fourth-order valence-electron chi connectivity index (χ4n) is 3.46. The van der Waals surface area contributed by atoms with Gasteiger partial charge in [-0.3, -0.25) is 24.0 Å². The average Bonchev–Trinajstić information content (AvgIpc) is 3.09. The highest BCUT2D eigenvalue weighted by Gasteiger charge is 2.35. The molecule has 8 nitrogen and oxygen atoms in total. The third-order valence-electron chi connectivity index (χ3n) is 4.87. The van der Waals surface area contributed by atoms with Crippen LogP contribution in [0.4, 0.5) is 5.69 Å². The molecule has 0 saturated carbocycles. The largest absolute Gasteiger partial charge is 0.325 e. The maximum absolute atomic E-state index is 12.5. The second-order valence-corrected chi connectivity index (χ2v) is 7.82. The zero-order chi connectivity index (χ0) is 20.7. The first kappa shape index (κ1) is 19.3. The molecule has 3 heterocycles. The van der Waals surface area contributed by atoms with Crippen molar-refractivity contribution < 1.29 is 14.4 Å². The van der Waals surface area contributed by atoms with Crippen molar-refractivity contribution in [1.82, 2.24) is 19.7 Å². The van der Waals surface area contributed by atoms with E-state index in [-0.39, 0.29) is 30.7 Å². The highest BCUT2D eigenvalue weighted by Crippen LogP contribution is 2.26. The van der Waals surface area contributed by atoms with E-state index in [4.69, 9.17) is 0 Å². The highest BCUT2D eigenvalue weighted by molar-refractivity contribution is 9.10. The Hall–Kier alpha value is -3.07. The fourth-order valence-corrected chi connectivity index (χ4v) is 3.82. The molecule has 1 aliphatic heterocycles. The van der Waals surface area contributed by atoms with Crippen LogP contribution in [-0.4, -0.2) is 43.9 Å². The van der Waals surface area contributed by atoms with Crippen molar-refractivity contribution in [2.45, 2.75) is 19.8 Å². The molecule has 1 aliphatic rings. The number of imide groups is 1. The lowest BCUT2D eigenvalue weighted by Crippen LogP contribution is -2.31. The van der Waals surface area contributed by atoms with Gasteiger partial charge in [0.2, 0.25) is 5.91 Å². The summed E-state index contributed by atoms with van der Waals surface area (Å²) in [5.74, 6) is -0.847. The normalized spacial score (nSPS) is 13.3. The van der Waals surface area contributed by atoms with Gasteiger partial charge in [-0.15, -0.1) is 0 Å². The second kappa shape index (κ2) is 7.40. The molecule has 29 heavy (non-hydrogen) atoms. The number of rotatable bonds is 5. The van der Waals surface area contributed by atoms with E-state index in [9.17, 15) is 14.4 Å². The first-order chi connectivity index (χ1) is 13.8. The van der Waals surface area contributed by atoms with Crippen LogP contribution >= 0.6 is 15.9 Å². The number of hydrogen-bond donors (Lipinski definition) is 1. The number of carbonyl (C=O) groups excluding carboxylic acids is 3. The van der Waals surface area contributed by atoms with Gasteiger partial charge in [-0.2, -0.15) is 5.10 Å². The maximum Gasteiger partial charge on any atom is 0.261 e. The summed E-state index contributed by atoms with van der Waals surface area (Å²) in [5.41, 5.74) is 2.96. The van der Waals surface area contributed by atoms with Gasteiger partial charge in [-0.25, -0.2) is 4.98 Å². The SMILES string of the molecule is Cc1nn(C)c2ncc(NC(=O)CCCN3C(=O)c4ccc(Br)cc4C3=O)cc12. The van der Waals surface area contributed by atoms with Gasteiger partial charge in [0, 0.05) is 29.9 Å². The van der Waals surface area contributed by atoms with Gasteiger partial charge in [0.15, 0.2) is 5.65 Å². The van der Waals surface area contributed by atoms with Crippen LogP contribution in [0.2, 0.25) is 0 Å². The number of pyridine rings is 1. The molecule has 3 amide bonds. The molecule has 2 aromatic heterocycles. The number of carbonyl (C=O) groups is 3. The van der Waals surface area contributed by atoms with E-state index in [1.807, 2.05) is 20.0 Å². The molecule has 0 unspecified atom stereocenters. The van der Waals surface area contributed by atoms with E-state index in [0.717, 1.165) is 21.2 Å². The Morgan fingerprint density at radius 1 is 1.17 bits per heavy atom. The molecule has 0 bridgehead atoms. The molecule has 0 fully saturated rings. The average molecular weight is 456 g/mol. The molecule has 148 valence electrons. The number of amides is 3. The third kappa shape index (κ3) is 3.53. The molecule has 4 rings (SSSR count). The molecule has 1 aromatic carbocycles. The Kier molecular flexibility index (Phi) is 4.91. The maximum atomic E-state index is 12.5. The Morgan fingerprint density at radius 2 is 1.93 bits per heavy atom. The predicted molar refractivity (Wildman–Crippen MR) is 111 cm³/mol. The number of fused-ring (bicyclic) bond motifs is 2. The third-order valence-corrected chi connectivity index (χ3v) is 5.36. The first-order valence-electron chi connectivity index (χ1n) is 9.10. The summed E-state index contributed by atoms with van der Waals surface area (Å²) in [4.78, 5) is 42.7. The minimum absolute atomic E-state index is 0.182. The van der Waals surface area contributed by atoms with Crippen LogP contribution < -0.4 is 5.32 Å². The van der Waals surface area contributed by atoms with Gasteiger partial charge in [0.1, 0.15) is 0 Å². The molecule has 0 spiro atoms. The van der Waals surface area contributed by atoms with E-state index in [2.05, 4.69) is 31.3 Å². The Bertz CT molecular complexity index is 1170. The number of halogens is 1. The van der Waals surface area contributed by atoms with Crippen molar-refractivity contribution >= 4 is 50.4 Å². The molecular weight excluding hydrogens is 438 g/mol. The summed E-state index contributed by atoms with van der Waals surface area (Å²) in [6, 6.07) is 6.85. The summed E-state index contributed by atoms with van der Waals surface area (Å²) >= 11 is 3.31. The summed E-state index contributed by atoms with van der Waals surface area (Å²) in [7, 11) is 1.82. The molecule has 0 saturated heterocycles. The standard InChI is InChI=1S/C20H18BrN5O3/c1-11-15-9-13(10-22-18(15)25(2)24-11)23-17(27)4-3-7-26-19(28)14-6-5-12(21)8-16(14)20(26)29/h5-6,8-10H,3-4,7H2,1-2H3,(H,23,27). The van der Waals surface area contributed by atoms with Crippen LogP contribution in [-0.2, 0) is 11.8 Å². The molecule has 9 heteroatoms. The predicted octanol–water partition coefficient (Wildman–Crippen LogP) is 3.05. The summed E-state index contributed by atoms with van der Waals surface area (Å²) in [6.07, 6.45) is 2.14. The van der Waals surface area contributed by atoms with E-state index >= 15 is 0 Å². The number of nitrogens with zero attached hydrogens (tertiary/aromatic N) is 4. The monoisotopic (exact) mass is 455 g/mol. The van der Waals surface area contributed by atoms with Crippen LogP contribution in [0.3, 0.4) is 0 Å². The number of aromatic nitrogens is 3. The Labute approximate surface area is 175 Å². The van der Waals surface area contributed by atoms with Gasteiger partial charge in [-0.05, 0) is 37.6 Å². The van der Waals surface area contributed by atoms with Crippen molar-refractivity contribution in [2.24, 2.45) is 7.05 Å². The fraction of sp³-hybridized carbons (Fsp3) is 0.250. The number of nitrogens with one attached hydrogen (secondary N) is 1. The smallest absolute Gasteiger partial charge is 0.261 e. The van der Waals surface area contributed by atoms with Crippen molar-refractivity contribution in [3.63, 3.8) is 0 Å². The lowest BCUT2D eigenvalue weighted by molar-refractivity contribution is -0.116. The van der Waals surface area contributed by atoms with Crippen molar-refractivity contribution in [3.8, 4) is 0 Å². The quantitative estimate of drug-likeness (QED) is 0.596. The van der Waals surface area contributed by atoms with Crippen LogP contribution in [0.5, 0.6) is 0 Å². The van der Waals surface area contributed by atoms with Gasteiger partial charge in [0.25, 0.3) is 11.8 Å². The van der Waals surface area contributed by atoms with E-state index in [0.29, 0.717) is 23.2 Å². The highest BCUT2D eigenvalue weighted by atomic mass is 79.9. The summed E-state index contributed by atoms with van der Waals surface area (Å²) in [5, 5.41) is 8.00. The van der Waals surface area contributed by atoms with Crippen LogP contribution in [0.1, 0.15) is 39.3 Å². The number of benzene rings is 1. The van der Waals surface area contributed by atoms with E-state index in [1.54, 1.807) is 29.1 Å². The van der Waals surface area contributed by atoms with Crippen LogP contribution in [0.25, 0.3) is 11.0 Å². The number of hydrogen-bond acceptors (Lipinski definition) is 5. The second-order valence-electron chi connectivity index (χ2n) is 6.91. The minimum atomic E-state index is -0.326. The van der Waals surface area contributed by atoms with Gasteiger partial charge in [-0.1, -0.05) is 15.9 Å². The molecule has 0 aliphatic carbocycles. The number of anilines is 1. The van der Waals surface area contributed by atoms with E-state index < -0.39 is 0 Å². The van der Waals surface area contributed by atoms with E-state index in [1.165, 1.54) is 4.90 Å². The Morgan fingerprint density at radius 3 is 2.72 bits per heavy atom. The van der Waals surface area contributed by atoms with Crippen LogP contribution in [0, 0.1) is 6.92 Å². The van der Waals surface area contributed by atoms with Crippen molar-refractivity contribution in [2.75, 3.05) is 11.9 Å². The van der Waals surface area contributed by atoms with Crippen molar-refractivity contribution in [3.05, 3.63) is 51.8 Å². The van der Waals surface area contributed by atoms with Crippen molar-refractivity contribution in [1.29, 1.82) is 0 Å². The first-order valence-corrected chi connectivity index (χ1v) is 9.89. The zero-order valence-corrected chi connectivity index (χ0v) is 17.5. The topological polar surface area (TPSA) is 97.2 Å². The zero-order valence-electron chi connectivity index (χ0n) is 15.9. The molecule has 3 aromatic rings. The number of aryl methyl sites for hydroxylation is 2. The minimum Gasteiger partial charge on any atom is -0.325 e. The lowest BCUT2D eigenvalue weighted by atomic mass is 10.1. The van der Waals surface area contributed by atoms with Crippen LogP contribution in [0.15, 0.2) is 34.9 Å². The molecule has 1 N–H and O–H groups in total. The van der Waals surface area contributed by atoms with Gasteiger partial charge < -0.3 is 5.32 Å². The molecular formula is C20H18BrN5O3. The Balaban J connectivity index is 1.35. The molecule has 0 atom stereocenters. The summed E-state index contributed by atoms with van der Waals surface area (Å²) < 4.78 is 2.43. The lowest BCUT2D eigenvalue weighted by Gasteiger charge is -2.13. The van der Waals surface area contributed by atoms with Gasteiger partial charge in [0.05, 0.1) is 28.7 Å². The molecule has 0 radical (unpaired) electrons. The summed E-state index contributed by atoms with van der Waals surface area (Å²) in [6.45, 7) is 2.08.